The van der Waals surface area contributed by atoms with Gasteiger partial charge in [0.1, 0.15) is 5.69 Å². The van der Waals surface area contributed by atoms with Gasteiger partial charge in [-0.3, -0.25) is 0 Å². The zero-order chi connectivity index (χ0) is 15.6. The Labute approximate surface area is 122 Å². The summed E-state index contributed by atoms with van der Waals surface area (Å²) < 4.78 is -0.202. The van der Waals surface area contributed by atoms with Crippen LogP contribution in [0.2, 0.25) is 0 Å². The Hall–Kier alpha value is -1.39. The first-order chi connectivity index (χ1) is 9.13. The van der Waals surface area contributed by atoms with Gasteiger partial charge in [-0.05, 0) is 32.6 Å². The zero-order valence-corrected chi connectivity index (χ0v) is 13.4. The van der Waals surface area contributed by atoms with E-state index in [1.807, 2.05) is 39.2 Å². The number of rotatable bonds is 5. The van der Waals surface area contributed by atoms with E-state index in [0.29, 0.717) is 6.54 Å². The van der Waals surface area contributed by atoms with E-state index in [1.165, 1.54) is 0 Å². The van der Waals surface area contributed by atoms with Crippen LogP contribution in [0, 0.1) is 0 Å². The fourth-order valence-electron chi connectivity index (χ4n) is 2.53. The van der Waals surface area contributed by atoms with Crippen LogP contribution in [0.4, 0.5) is 10.5 Å². The second-order valence-electron chi connectivity index (χ2n) is 6.45. The average molecular weight is 278 g/mol. The smallest absolute Gasteiger partial charge is 0.262 e. The molecule has 0 saturated heterocycles. The number of quaternary nitrogens is 1. The van der Waals surface area contributed by atoms with Crippen molar-refractivity contribution in [3.8, 4) is 0 Å². The number of benzene rings is 1. The van der Waals surface area contributed by atoms with Crippen molar-refractivity contribution in [2.24, 2.45) is 0 Å². The molecule has 1 rings (SSSR count). The van der Waals surface area contributed by atoms with Gasteiger partial charge in [0.05, 0.1) is 13.6 Å². The zero-order valence-electron chi connectivity index (χ0n) is 13.4. The summed E-state index contributed by atoms with van der Waals surface area (Å²) in [6, 6.07) is 7.83. The topological polar surface area (TPSA) is 43.4 Å². The minimum Gasteiger partial charge on any atom is -0.498 e. The van der Waals surface area contributed by atoms with Gasteiger partial charge in [0.2, 0.25) is 0 Å². The van der Waals surface area contributed by atoms with E-state index in [-0.39, 0.29) is 9.90 Å². The third kappa shape index (κ3) is 3.38. The molecule has 0 aliphatic rings. The van der Waals surface area contributed by atoms with Crippen molar-refractivity contribution < 1.29 is 9.90 Å². The molecule has 20 heavy (non-hydrogen) atoms. The van der Waals surface area contributed by atoms with E-state index in [4.69, 9.17) is 0 Å². The normalized spacial score (nSPS) is 15.2. The second-order valence-corrected chi connectivity index (χ2v) is 6.45. The highest BCUT2D eigenvalue weighted by Crippen LogP contribution is 2.29. The van der Waals surface area contributed by atoms with Gasteiger partial charge in [-0.25, -0.2) is 4.48 Å². The Morgan fingerprint density at radius 2 is 1.95 bits per heavy atom. The Kier molecular flexibility index (Phi) is 4.95. The highest BCUT2D eigenvalue weighted by atomic mass is 16.4. The predicted octanol–water partition coefficient (Wildman–Crippen LogP) is 1.83. The lowest BCUT2D eigenvalue weighted by atomic mass is 9.84. The SMILES string of the molecule is CC[N+](C)(C(=O)[O-])c1cccc(C(C)(C)CN(C)C)c1. The van der Waals surface area contributed by atoms with E-state index in [2.05, 4.69) is 24.8 Å². The Balaban J connectivity index is 3.23. The van der Waals surface area contributed by atoms with Crippen LogP contribution in [0.3, 0.4) is 0 Å². The number of likely N-dealkylation sites (N-methyl/N-ethyl adjacent to an activating group) is 1. The molecule has 0 radical (unpaired) electrons. The summed E-state index contributed by atoms with van der Waals surface area (Å²) in [4.78, 5) is 13.6. The number of nitrogens with zero attached hydrogens (tertiary/aromatic N) is 2. The van der Waals surface area contributed by atoms with Crippen LogP contribution in [0.25, 0.3) is 0 Å². The second kappa shape index (κ2) is 5.94. The van der Waals surface area contributed by atoms with E-state index in [1.54, 1.807) is 7.05 Å². The molecule has 1 atom stereocenters. The monoisotopic (exact) mass is 278 g/mol. The maximum atomic E-state index is 11.4. The molecule has 0 bridgehead atoms. The summed E-state index contributed by atoms with van der Waals surface area (Å²) in [7, 11) is 5.76. The van der Waals surface area contributed by atoms with Gasteiger partial charge in [0, 0.05) is 18.0 Å². The minimum atomic E-state index is -1.07. The summed E-state index contributed by atoms with van der Waals surface area (Å²) in [5.74, 6) is 0. The number of carbonyl (C=O) groups is 1. The molecular formula is C16H26N2O2. The lowest BCUT2D eigenvalue weighted by Gasteiger charge is -2.34. The molecule has 4 heteroatoms. The fourth-order valence-corrected chi connectivity index (χ4v) is 2.53. The molecule has 0 N–H and O–H groups in total. The molecule has 0 aromatic heterocycles. The third-order valence-corrected chi connectivity index (χ3v) is 3.94. The van der Waals surface area contributed by atoms with Gasteiger partial charge in [-0.15, -0.1) is 0 Å². The van der Waals surface area contributed by atoms with Crippen LogP contribution in [-0.2, 0) is 5.41 Å². The Bertz CT molecular complexity index is 483. The van der Waals surface area contributed by atoms with Crippen molar-refractivity contribution >= 4 is 11.8 Å². The predicted molar refractivity (Wildman–Crippen MR) is 81.7 cm³/mol. The van der Waals surface area contributed by atoms with Gasteiger partial charge in [0.15, 0.2) is 0 Å². The van der Waals surface area contributed by atoms with Crippen LogP contribution < -0.4 is 9.59 Å². The largest absolute Gasteiger partial charge is 0.498 e. The quantitative estimate of drug-likeness (QED) is 0.772. The van der Waals surface area contributed by atoms with Gasteiger partial charge in [-0.2, -0.15) is 0 Å². The van der Waals surface area contributed by atoms with E-state index < -0.39 is 6.09 Å². The van der Waals surface area contributed by atoms with Gasteiger partial charge < -0.3 is 14.8 Å². The van der Waals surface area contributed by atoms with Gasteiger partial charge in [-0.1, -0.05) is 26.0 Å². The lowest BCUT2D eigenvalue weighted by molar-refractivity contribution is -0.262. The molecule has 0 aliphatic heterocycles. The molecule has 0 saturated carbocycles. The van der Waals surface area contributed by atoms with Crippen molar-refractivity contribution in [2.45, 2.75) is 26.2 Å². The van der Waals surface area contributed by atoms with Crippen LogP contribution in [0.5, 0.6) is 0 Å². The first-order valence-electron chi connectivity index (χ1n) is 6.96. The summed E-state index contributed by atoms with van der Waals surface area (Å²) in [5.41, 5.74) is 1.86. The maximum absolute atomic E-state index is 11.4. The van der Waals surface area contributed by atoms with Crippen LogP contribution >= 0.6 is 0 Å². The summed E-state index contributed by atoms with van der Waals surface area (Å²) in [5, 5.41) is 11.4. The van der Waals surface area contributed by atoms with E-state index in [0.717, 1.165) is 17.8 Å². The van der Waals surface area contributed by atoms with Crippen LogP contribution in [0.15, 0.2) is 24.3 Å². The minimum absolute atomic E-state index is 0.0377. The molecule has 0 heterocycles. The summed E-state index contributed by atoms with van der Waals surface area (Å²) in [6.45, 7) is 7.55. The molecule has 1 aromatic rings. The Morgan fingerprint density at radius 1 is 1.35 bits per heavy atom. The number of carbonyl (C=O) groups excluding carboxylic acids is 1. The maximum Gasteiger partial charge on any atom is 0.262 e. The number of hydrogen-bond donors (Lipinski definition) is 0. The molecule has 1 amide bonds. The fraction of sp³-hybridized carbons (Fsp3) is 0.562. The number of carboxylic acid groups (broad SMARTS) is 1. The molecule has 112 valence electrons. The third-order valence-electron chi connectivity index (χ3n) is 3.94. The first kappa shape index (κ1) is 16.7. The summed E-state index contributed by atoms with van der Waals surface area (Å²) >= 11 is 0. The molecular weight excluding hydrogens is 252 g/mol. The number of hydrogen-bond acceptors (Lipinski definition) is 3. The Morgan fingerprint density at radius 3 is 2.40 bits per heavy atom. The molecule has 1 unspecified atom stereocenters. The molecule has 0 aliphatic carbocycles. The molecule has 0 spiro atoms. The van der Waals surface area contributed by atoms with Crippen LogP contribution in [0.1, 0.15) is 26.3 Å². The van der Waals surface area contributed by atoms with Crippen molar-refractivity contribution in [2.75, 3.05) is 34.2 Å². The standard InChI is InChI=1S/C16H26N2O2/c1-7-18(6,15(19)20)14-10-8-9-13(11-14)16(2,3)12-17(4)5/h8-11H,7,12H2,1-6H3. The van der Waals surface area contributed by atoms with Gasteiger partial charge >= 0.3 is 0 Å². The molecule has 1 aromatic carbocycles. The molecule has 4 nitrogen and oxygen atoms in total. The highest BCUT2D eigenvalue weighted by molar-refractivity contribution is 5.78. The average Bonchev–Trinajstić information content (AvgIpc) is 2.36. The highest BCUT2D eigenvalue weighted by Gasteiger charge is 2.28. The van der Waals surface area contributed by atoms with Crippen molar-refractivity contribution in [3.05, 3.63) is 29.8 Å². The number of amides is 1. The summed E-state index contributed by atoms with van der Waals surface area (Å²) in [6.07, 6.45) is -1.07. The van der Waals surface area contributed by atoms with Crippen molar-refractivity contribution in [1.82, 2.24) is 9.38 Å². The first-order valence-corrected chi connectivity index (χ1v) is 6.96. The van der Waals surface area contributed by atoms with Crippen molar-refractivity contribution in [1.29, 1.82) is 0 Å². The van der Waals surface area contributed by atoms with E-state index in [9.17, 15) is 9.90 Å². The lowest BCUT2D eigenvalue weighted by Crippen LogP contribution is -2.57. The molecule has 0 fully saturated rings. The van der Waals surface area contributed by atoms with Gasteiger partial charge in [0.25, 0.3) is 6.09 Å². The van der Waals surface area contributed by atoms with Crippen LogP contribution in [-0.4, -0.2) is 45.2 Å². The van der Waals surface area contributed by atoms with Crippen molar-refractivity contribution in [3.63, 3.8) is 0 Å². The van der Waals surface area contributed by atoms with E-state index >= 15 is 0 Å².